The summed E-state index contributed by atoms with van der Waals surface area (Å²) in [6, 6.07) is 4.07. The van der Waals surface area contributed by atoms with E-state index in [1.54, 1.807) is 22.7 Å². The second-order valence-corrected chi connectivity index (χ2v) is 4.92. The highest BCUT2D eigenvalue weighted by Gasteiger charge is 2.17. The molecule has 0 saturated carbocycles. The molecule has 0 aliphatic rings. The number of thiazole rings is 1. The first-order valence-corrected chi connectivity index (χ1v) is 6.13. The van der Waals surface area contributed by atoms with Gasteiger partial charge in [-0.2, -0.15) is 0 Å². The van der Waals surface area contributed by atoms with Crippen molar-refractivity contribution in [3.05, 3.63) is 38.5 Å². The Bertz CT molecular complexity index is 394. The zero-order chi connectivity index (χ0) is 9.97. The largest absolute Gasteiger partial charge is 0.395 e. The van der Waals surface area contributed by atoms with E-state index in [-0.39, 0.29) is 12.5 Å². The lowest BCUT2D eigenvalue weighted by molar-refractivity contribution is 0.283. The number of thiophene rings is 1. The van der Waals surface area contributed by atoms with Crippen LogP contribution in [0.25, 0.3) is 0 Å². The molecule has 0 aliphatic heterocycles. The lowest BCUT2D eigenvalue weighted by Crippen LogP contribution is -2.03. The lowest BCUT2D eigenvalue weighted by Gasteiger charge is -2.10. The van der Waals surface area contributed by atoms with Crippen molar-refractivity contribution in [2.24, 2.45) is 0 Å². The van der Waals surface area contributed by atoms with Crippen LogP contribution in [-0.2, 0) is 0 Å². The summed E-state index contributed by atoms with van der Waals surface area (Å²) in [5.41, 5.74) is 2.86. The van der Waals surface area contributed by atoms with Gasteiger partial charge in [0.15, 0.2) is 0 Å². The van der Waals surface area contributed by atoms with Gasteiger partial charge in [0, 0.05) is 9.75 Å². The minimum Gasteiger partial charge on any atom is -0.395 e. The third kappa shape index (κ3) is 1.73. The highest BCUT2D eigenvalue weighted by Crippen LogP contribution is 2.32. The quantitative estimate of drug-likeness (QED) is 0.871. The Kier molecular flexibility index (Phi) is 2.96. The van der Waals surface area contributed by atoms with Crippen molar-refractivity contribution >= 4 is 22.7 Å². The van der Waals surface area contributed by atoms with Crippen molar-refractivity contribution in [3.8, 4) is 0 Å². The van der Waals surface area contributed by atoms with Crippen molar-refractivity contribution in [1.82, 2.24) is 4.98 Å². The predicted molar refractivity (Wildman–Crippen MR) is 60.1 cm³/mol. The summed E-state index contributed by atoms with van der Waals surface area (Å²) in [6.45, 7) is 2.14. The van der Waals surface area contributed by atoms with Crippen LogP contribution in [0.15, 0.2) is 23.0 Å². The normalized spacial score (nSPS) is 13.0. The predicted octanol–water partition coefficient (Wildman–Crippen LogP) is 2.64. The summed E-state index contributed by atoms with van der Waals surface area (Å²) in [5, 5.41) is 11.4. The molecular formula is C10H11NOS2. The molecule has 0 amide bonds. The number of hydrogen-bond acceptors (Lipinski definition) is 4. The third-order valence-corrected chi connectivity index (χ3v) is 4.20. The van der Waals surface area contributed by atoms with E-state index in [0.29, 0.717) is 0 Å². The highest BCUT2D eigenvalue weighted by molar-refractivity contribution is 7.11. The fraction of sp³-hybridized carbons (Fsp3) is 0.300. The molecule has 0 aromatic carbocycles. The molecule has 0 fully saturated rings. The fourth-order valence-corrected chi connectivity index (χ4v) is 3.25. The maximum Gasteiger partial charge on any atom is 0.0797 e. The van der Waals surface area contributed by atoms with Gasteiger partial charge in [-0.25, -0.2) is 4.98 Å². The molecule has 74 valence electrons. The average molecular weight is 225 g/mol. The number of rotatable bonds is 3. The summed E-state index contributed by atoms with van der Waals surface area (Å²) in [7, 11) is 0. The van der Waals surface area contributed by atoms with Crippen molar-refractivity contribution in [2.45, 2.75) is 12.8 Å². The molecule has 2 nitrogen and oxygen atoms in total. The molecule has 0 spiro atoms. The van der Waals surface area contributed by atoms with Crippen LogP contribution in [0.3, 0.4) is 0 Å². The van der Waals surface area contributed by atoms with Gasteiger partial charge in [0.2, 0.25) is 0 Å². The van der Waals surface area contributed by atoms with E-state index in [4.69, 9.17) is 0 Å². The molecule has 0 bridgehead atoms. The van der Waals surface area contributed by atoms with E-state index >= 15 is 0 Å². The Labute approximate surface area is 90.9 Å². The second kappa shape index (κ2) is 4.21. The number of aryl methyl sites for hydroxylation is 1. The van der Waals surface area contributed by atoms with E-state index < -0.39 is 0 Å². The first-order valence-electron chi connectivity index (χ1n) is 4.37. The van der Waals surface area contributed by atoms with E-state index in [1.165, 1.54) is 9.75 Å². The minimum atomic E-state index is 0.113. The van der Waals surface area contributed by atoms with Gasteiger partial charge in [-0.15, -0.1) is 22.7 Å². The highest BCUT2D eigenvalue weighted by atomic mass is 32.1. The molecule has 14 heavy (non-hydrogen) atoms. The summed E-state index contributed by atoms with van der Waals surface area (Å²) in [5.74, 6) is 0.113. The van der Waals surface area contributed by atoms with E-state index in [9.17, 15) is 5.11 Å². The smallest absolute Gasteiger partial charge is 0.0797 e. The number of aliphatic hydroxyl groups excluding tert-OH is 1. The van der Waals surface area contributed by atoms with Crippen molar-refractivity contribution in [3.63, 3.8) is 0 Å². The summed E-state index contributed by atoms with van der Waals surface area (Å²) < 4.78 is 0. The van der Waals surface area contributed by atoms with Crippen molar-refractivity contribution in [2.75, 3.05) is 6.61 Å². The van der Waals surface area contributed by atoms with Gasteiger partial charge in [0.1, 0.15) is 0 Å². The third-order valence-electron chi connectivity index (χ3n) is 2.17. The molecule has 2 aromatic heterocycles. The molecule has 1 atom stereocenters. The Morgan fingerprint density at radius 2 is 2.36 bits per heavy atom. The zero-order valence-corrected chi connectivity index (χ0v) is 9.44. The van der Waals surface area contributed by atoms with Crippen LogP contribution in [0, 0.1) is 6.92 Å². The van der Waals surface area contributed by atoms with Crippen molar-refractivity contribution < 1.29 is 5.11 Å². The van der Waals surface area contributed by atoms with E-state index in [0.717, 1.165) is 5.69 Å². The van der Waals surface area contributed by atoms with Crippen LogP contribution >= 0.6 is 22.7 Å². The monoisotopic (exact) mass is 225 g/mol. The van der Waals surface area contributed by atoms with Crippen LogP contribution in [0.1, 0.15) is 21.4 Å². The van der Waals surface area contributed by atoms with Crippen LogP contribution in [0.4, 0.5) is 0 Å². The Morgan fingerprint density at radius 3 is 2.86 bits per heavy atom. The lowest BCUT2D eigenvalue weighted by atomic mass is 10.1. The molecule has 2 heterocycles. The van der Waals surface area contributed by atoms with Gasteiger partial charge in [-0.3, -0.25) is 0 Å². The topological polar surface area (TPSA) is 33.1 Å². The summed E-state index contributed by atoms with van der Waals surface area (Å²) in [4.78, 5) is 6.59. The molecule has 1 N–H and O–H groups in total. The summed E-state index contributed by atoms with van der Waals surface area (Å²) >= 11 is 3.30. The van der Waals surface area contributed by atoms with Gasteiger partial charge in [-0.05, 0) is 18.4 Å². The van der Waals surface area contributed by atoms with Gasteiger partial charge in [0.25, 0.3) is 0 Å². The second-order valence-electron chi connectivity index (χ2n) is 3.05. The van der Waals surface area contributed by atoms with E-state index in [2.05, 4.69) is 11.1 Å². The average Bonchev–Trinajstić information content (AvgIpc) is 2.80. The first-order chi connectivity index (χ1) is 6.83. The molecular weight excluding hydrogens is 214 g/mol. The molecule has 4 heteroatoms. The van der Waals surface area contributed by atoms with Crippen molar-refractivity contribution in [1.29, 1.82) is 0 Å². The molecule has 0 aliphatic carbocycles. The summed E-state index contributed by atoms with van der Waals surface area (Å²) in [6.07, 6.45) is 0. The minimum absolute atomic E-state index is 0.113. The number of hydrogen-bond donors (Lipinski definition) is 1. The van der Waals surface area contributed by atoms with Gasteiger partial charge in [-0.1, -0.05) is 6.07 Å². The Hall–Kier alpha value is -0.710. The Morgan fingerprint density at radius 1 is 1.50 bits per heavy atom. The van der Waals surface area contributed by atoms with Crippen LogP contribution < -0.4 is 0 Å². The fourth-order valence-electron chi connectivity index (χ4n) is 1.44. The molecule has 1 unspecified atom stereocenters. The molecule has 0 radical (unpaired) electrons. The molecule has 0 saturated heterocycles. The SMILES string of the molecule is Cc1ncsc1C(CO)c1cccs1. The van der Waals surface area contributed by atoms with Crippen LogP contribution in [-0.4, -0.2) is 16.7 Å². The molecule has 2 aromatic rings. The number of aromatic nitrogens is 1. The zero-order valence-electron chi connectivity index (χ0n) is 7.80. The first kappa shape index (κ1) is 9.83. The van der Waals surface area contributed by atoms with Crippen LogP contribution in [0.5, 0.6) is 0 Å². The maximum absolute atomic E-state index is 9.38. The molecule has 2 rings (SSSR count). The maximum atomic E-state index is 9.38. The number of aliphatic hydroxyl groups is 1. The van der Waals surface area contributed by atoms with Crippen LogP contribution in [0.2, 0.25) is 0 Å². The Balaban J connectivity index is 2.36. The van der Waals surface area contributed by atoms with E-state index in [1.807, 2.05) is 23.9 Å². The number of nitrogens with zero attached hydrogens (tertiary/aromatic N) is 1. The van der Waals surface area contributed by atoms with Gasteiger partial charge in [0.05, 0.1) is 23.7 Å². The standard InChI is InChI=1S/C10H11NOS2/c1-7-10(14-6-11-7)8(5-12)9-3-2-4-13-9/h2-4,6,8,12H,5H2,1H3. The van der Waals surface area contributed by atoms with Gasteiger partial charge >= 0.3 is 0 Å². The van der Waals surface area contributed by atoms with Gasteiger partial charge < -0.3 is 5.11 Å².